The van der Waals surface area contributed by atoms with Gasteiger partial charge >= 0.3 is 12.6 Å². The Balaban J connectivity index is 0.000000640. The molecule has 3 amide bonds. The first-order valence-electron chi connectivity index (χ1n) is 8.39. The molecule has 0 aliphatic carbocycles. The van der Waals surface area contributed by atoms with Gasteiger partial charge in [0.2, 0.25) is 5.91 Å². The van der Waals surface area contributed by atoms with Crippen molar-refractivity contribution >= 4 is 29.2 Å². The van der Waals surface area contributed by atoms with Crippen LogP contribution in [0.5, 0.6) is 5.75 Å². The molecule has 28 heavy (non-hydrogen) atoms. The van der Waals surface area contributed by atoms with Crippen LogP contribution in [0.15, 0.2) is 42.5 Å². The number of benzene rings is 2. The lowest BCUT2D eigenvalue weighted by atomic mass is 9.97. The third-order valence-corrected chi connectivity index (χ3v) is 4.37. The van der Waals surface area contributed by atoms with Crippen molar-refractivity contribution in [3.8, 4) is 5.75 Å². The first-order valence-corrected chi connectivity index (χ1v) is 8.77. The molecule has 3 rings (SSSR count). The van der Waals surface area contributed by atoms with Gasteiger partial charge < -0.3 is 21.1 Å². The van der Waals surface area contributed by atoms with Gasteiger partial charge in [0.05, 0.1) is 6.04 Å². The van der Waals surface area contributed by atoms with Crippen molar-refractivity contribution < 1.29 is 23.1 Å². The van der Waals surface area contributed by atoms with Gasteiger partial charge in [-0.25, -0.2) is 4.79 Å². The van der Waals surface area contributed by atoms with Gasteiger partial charge in [0.15, 0.2) is 0 Å². The SMILES string of the molecule is CC(c1cccc(OC(F)F)c1)N1C(=O)CCc2ccc(Cl)cc21.NC(N)=O. The number of aryl methyl sites for hydroxylation is 1. The normalized spacial score (nSPS) is 14.0. The molecule has 0 bridgehead atoms. The number of alkyl halides is 2. The third-order valence-electron chi connectivity index (χ3n) is 4.14. The molecule has 0 spiro atoms. The summed E-state index contributed by atoms with van der Waals surface area (Å²) in [5.74, 6) is 0.0579. The summed E-state index contributed by atoms with van der Waals surface area (Å²) in [6.07, 6.45) is 1.08. The molecule has 9 heteroatoms. The van der Waals surface area contributed by atoms with Crippen molar-refractivity contribution in [1.29, 1.82) is 0 Å². The number of anilines is 1. The van der Waals surface area contributed by atoms with E-state index in [1.165, 1.54) is 12.1 Å². The van der Waals surface area contributed by atoms with Crippen LogP contribution in [0, 0.1) is 0 Å². The Bertz CT molecular complexity index is 860. The Morgan fingerprint density at radius 3 is 2.50 bits per heavy atom. The molecule has 1 unspecified atom stereocenters. The van der Waals surface area contributed by atoms with Crippen molar-refractivity contribution in [3.63, 3.8) is 0 Å². The maximum atomic E-state index is 12.5. The Labute approximate surface area is 166 Å². The molecule has 150 valence electrons. The molecular formula is C19H20ClF2N3O3. The number of hydrogen-bond donors (Lipinski definition) is 2. The monoisotopic (exact) mass is 411 g/mol. The highest BCUT2D eigenvalue weighted by Crippen LogP contribution is 2.37. The van der Waals surface area contributed by atoms with Crippen LogP contribution >= 0.6 is 11.6 Å². The fourth-order valence-electron chi connectivity index (χ4n) is 2.99. The summed E-state index contributed by atoms with van der Waals surface area (Å²) in [4.78, 5) is 23.2. The molecule has 0 saturated heterocycles. The Morgan fingerprint density at radius 1 is 1.18 bits per heavy atom. The number of amides is 3. The number of halogens is 3. The van der Waals surface area contributed by atoms with Crippen molar-refractivity contribution in [2.45, 2.75) is 32.4 Å². The number of ether oxygens (including phenoxy) is 1. The number of carbonyl (C=O) groups excluding carboxylic acids is 2. The molecule has 0 fully saturated rings. The van der Waals surface area contributed by atoms with Crippen LogP contribution in [-0.4, -0.2) is 18.5 Å². The quantitative estimate of drug-likeness (QED) is 0.795. The summed E-state index contributed by atoms with van der Waals surface area (Å²) in [5, 5.41) is 0.551. The third kappa shape index (κ3) is 5.56. The zero-order valence-corrected chi connectivity index (χ0v) is 15.8. The van der Waals surface area contributed by atoms with E-state index < -0.39 is 12.6 Å². The van der Waals surface area contributed by atoms with Crippen LogP contribution in [0.4, 0.5) is 19.3 Å². The average molecular weight is 412 g/mol. The zero-order valence-electron chi connectivity index (χ0n) is 15.1. The van der Waals surface area contributed by atoms with Crippen molar-refractivity contribution in [2.24, 2.45) is 11.5 Å². The number of nitrogens with two attached hydrogens (primary N) is 2. The van der Waals surface area contributed by atoms with Crippen LogP contribution in [0.2, 0.25) is 5.02 Å². The van der Waals surface area contributed by atoms with Crippen LogP contribution in [0.25, 0.3) is 0 Å². The molecule has 1 aliphatic heterocycles. The molecular weight excluding hydrogens is 392 g/mol. The van der Waals surface area contributed by atoms with Gasteiger partial charge in [0.1, 0.15) is 5.75 Å². The molecule has 1 atom stereocenters. The lowest BCUT2D eigenvalue weighted by molar-refractivity contribution is -0.119. The number of carbonyl (C=O) groups is 2. The highest BCUT2D eigenvalue weighted by atomic mass is 35.5. The van der Waals surface area contributed by atoms with E-state index >= 15 is 0 Å². The maximum absolute atomic E-state index is 12.5. The van der Waals surface area contributed by atoms with E-state index in [1.54, 1.807) is 29.2 Å². The lowest BCUT2D eigenvalue weighted by Crippen LogP contribution is -2.37. The fourth-order valence-corrected chi connectivity index (χ4v) is 3.16. The second-order valence-corrected chi connectivity index (χ2v) is 6.50. The molecule has 2 aromatic carbocycles. The molecule has 6 nitrogen and oxygen atoms in total. The van der Waals surface area contributed by atoms with E-state index in [4.69, 9.17) is 16.4 Å². The van der Waals surface area contributed by atoms with E-state index in [1.807, 2.05) is 13.0 Å². The predicted octanol–water partition coefficient (Wildman–Crippen LogP) is 4.01. The van der Waals surface area contributed by atoms with Crippen LogP contribution < -0.4 is 21.1 Å². The molecule has 1 aliphatic rings. The largest absolute Gasteiger partial charge is 0.435 e. The summed E-state index contributed by atoms with van der Waals surface area (Å²) < 4.78 is 29.3. The summed E-state index contributed by atoms with van der Waals surface area (Å²) in [6, 6.07) is 10.7. The zero-order chi connectivity index (χ0) is 20.8. The van der Waals surface area contributed by atoms with Gasteiger partial charge in [0.25, 0.3) is 0 Å². The van der Waals surface area contributed by atoms with Gasteiger partial charge in [-0.05, 0) is 48.7 Å². The summed E-state index contributed by atoms with van der Waals surface area (Å²) in [7, 11) is 0. The predicted molar refractivity (Wildman–Crippen MR) is 103 cm³/mol. The number of urea groups is 1. The Hall–Kier alpha value is -2.87. The first-order chi connectivity index (χ1) is 13.2. The maximum Gasteiger partial charge on any atom is 0.387 e. The highest BCUT2D eigenvalue weighted by molar-refractivity contribution is 6.31. The minimum absolute atomic E-state index is 0.0163. The van der Waals surface area contributed by atoms with Gasteiger partial charge in [-0.3, -0.25) is 4.79 Å². The summed E-state index contributed by atoms with van der Waals surface area (Å²) in [6.45, 7) is -1.03. The van der Waals surface area contributed by atoms with Crippen LogP contribution in [-0.2, 0) is 11.2 Å². The van der Waals surface area contributed by atoms with Crippen molar-refractivity contribution in [2.75, 3.05) is 4.90 Å². The lowest BCUT2D eigenvalue weighted by Gasteiger charge is -2.35. The minimum atomic E-state index is -2.88. The van der Waals surface area contributed by atoms with E-state index in [0.717, 1.165) is 11.3 Å². The van der Waals surface area contributed by atoms with E-state index in [-0.39, 0.29) is 17.7 Å². The Kier molecular flexibility index (Phi) is 7.17. The summed E-state index contributed by atoms with van der Waals surface area (Å²) >= 11 is 6.08. The fraction of sp³-hybridized carbons (Fsp3) is 0.263. The second kappa shape index (κ2) is 9.36. The van der Waals surface area contributed by atoms with Crippen LogP contribution in [0.1, 0.15) is 30.5 Å². The smallest absolute Gasteiger partial charge is 0.387 e. The second-order valence-electron chi connectivity index (χ2n) is 6.07. The van der Waals surface area contributed by atoms with Gasteiger partial charge in [0, 0.05) is 17.1 Å². The minimum Gasteiger partial charge on any atom is -0.435 e. The van der Waals surface area contributed by atoms with Gasteiger partial charge in [-0.1, -0.05) is 29.8 Å². The average Bonchev–Trinajstić information content (AvgIpc) is 2.60. The van der Waals surface area contributed by atoms with Gasteiger partial charge in [-0.2, -0.15) is 8.78 Å². The van der Waals surface area contributed by atoms with Crippen molar-refractivity contribution in [1.82, 2.24) is 0 Å². The molecule has 2 aromatic rings. The highest BCUT2D eigenvalue weighted by Gasteiger charge is 2.29. The Morgan fingerprint density at radius 2 is 1.86 bits per heavy atom. The number of fused-ring (bicyclic) bond motifs is 1. The number of rotatable bonds is 4. The van der Waals surface area contributed by atoms with Crippen molar-refractivity contribution in [3.05, 3.63) is 58.6 Å². The molecule has 4 N–H and O–H groups in total. The number of hydrogen-bond acceptors (Lipinski definition) is 3. The molecule has 0 radical (unpaired) electrons. The number of primary amides is 2. The molecule has 0 aromatic heterocycles. The van der Waals surface area contributed by atoms with E-state index in [9.17, 15) is 13.6 Å². The summed E-state index contributed by atoms with van der Waals surface area (Å²) in [5.41, 5.74) is 11.0. The standard InChI is InChI=1S/C18H16ClF2NO2.CH4N2O/c1-11(13-3-2-4-15(9-13)24-18(20)21)22-16-10-14(19)7-5-12(16)6-8-17(22)23;2-1(3)4/h2-5,7,9-11,18H,6,8H2,1H3;(H4,2,3,4). The van der Waals surface area contributed by atoms with E-state index in [0.29, 0.717) is 23.4 Å². The molecule has 0 saturated carbocycles. The first kappa shape index (κ1) is 21.4. The van der Waals surface area contributed by atoms with E-state index in [2.05, 4.69) is 16.2 Å². The molecule has 1 heterocycles. The number of nitrogens with zero attached hydrogens (tertiary/aromatic N) is 1. The topological polar surface area (TPSA) is 98.7 Å². The van der Waals surface area contributed by atoms with Gasteiger partial charge in [-0.15, -0.1) is 0 Å². The van der Waals surface area contributed by atoms with Crippen LogP contribution in [0.3, 0.4) is 0 Å².